The molecule has 0 aromatic heterocycles. The number of methoxy groups -OCH3 is 2. The Morgan fingerprint density at radius 1 is 0.765 bits per heavy atom. The Kier molecular flexibility index (Phi) is 3.19. The maximum atomic E-state index is 9.24. The highest BCUT2D eigenvalue weighted by molar-refractivity contribution is 5.67. The third-order valence-electron chi connectivity index (χ3n) is 2.58. The second kappa shape index (κ2) is 4.78. The maximum absolute atomic E-state index is 9.24. The molecule has 0 radical (unpaired) electrons. The van der Waals surface area contributed by atoms with Crippen molar-refractivity contribution < 1.29 is 14.6 Å². The van der Waals surface area contributed by atoms with Crippen LogP contribution in [0.1, 0.15) is 0 Å². The van der Waals surface area contributed by atoms with Crippen LogP contribution in [0.3, 0.4) is 0 Å². The van der Waals surface area contributed by atoms with Crippen LogP contribution < -0.4 is 9.47 Å². The SMILES string of the molecule is COc1ccc(-c2ccc(O)cc2)cc1OC. The minimum atomic E-state index is 0.259. The Morgan fingerprint density at radius 3 is 1.94 bits per heavy atom. The Morgan fingerprint density at radius 2 is 1.35 bits per heavy atom. The van der Waals surface area contributed by atoms with E-state index in [0.29, 0.717) is 11.5 Å². The van der Waals surface area contributed by atoms with Crippen LogP contribution in [0.4, 0.5) is 0 Å². The van der Waals surface area contributed by atoms with Gasteiger partial charge in [-0.05, 0) is 35.4 Å². The zero-order valence-electron chi connectivity index (χ0n) is 9.81. The van der Waals surface area contributed by atoms with E-state index in [4.69, 9.17) is 9.47 Å². The third kappa shape index (κ3) is 2.33. The fourth-order valence-electron chi connectivity index (χ4n) is 1.67. The van der Waals surface area contributed by atoms with Crippen molar-refractivity contribution in [3.05, 3.63) is 42.5 Å². The van der Waals surface area contributed by atoms with Gasteiger partial charge in [0.15, 0.2) is 11.5 Å². The summed E-state index contributed by atoms with van der Waals surface area (Å²) in [6, 6.07) is 12.8. The van der Waals surface area contributed by atoms with Crippen LogP contribution >= 0.6 is 0 Å². The van der Waals surface area contributed by atoms with Crippen molar-refractivity contribution in [3.63, 3.8) is 0 Å². The number of hydrogen-bond donors (Lipinski definition) is 1. The summed E-state index contributed by atoms with van der Waals surface area (Å²) in [7, 11) is 3.22. The van der Waals surface area contributed by atoms with Crippen LogP contribution in [-0.2, 0) is 0 Å². The Bertz CT molecular complexity index is 503. The molecule has 0 unspecified atom stereocenters. The first kappa shape index (κ1) is 11.3. The quantitative estimate of drug-likeness (QED) is 0.880. The fourth-order valence-corrected chi connectivity index (χ4v) is 1.67. The molecule has 88 valence electrons. The van der Waals surface area contributed by atoms with E-state index in [1.54, 1.807) is 26.4 Å². The second-order valence-corrected chi connectivity index (χ2v) is 3.62. The smallest absolute Gasteiger partial charge is 0.161 e. The van der Waals surface area contributed by atoms with Crippen molar-refractivity contribution in [1.82, 2.24) is 0 Å². The molecule has 0 heterocycles. The summed E-state index contributed by atoms with van der Waals surface area (Å²) in [6.07, 6.45) is 0. The molecule has 2 aromatic carbocycles. The summed E-state index contributed by atoms with van der Waals surface area (Å²) in [5, 5.41) is 9.24. The van der Waals surface area contributed by atoms with E-state index in [0.717, 1.165) is 11.1 Å². The van der Waals surface area contributed by atoms with Crippen LogP contribution in [-0.4, -0.2) is 19.3 Å². The standard InChI is InChI=1S/C14H14O3/c1-16-13-8-5-11(9-14(13)17-2)10-3-6-12(15)7-4-10/h3-9,15H,1-2H3. The molecule has 2 rings (SSSR count). The van der Waals surface area contributed by atoms with Gasteiger partial charge in [-0.2, -0.15) is 0 Å². The maximum Gasteiger partial charge on any atom is 0.161 e. The first-order valence-corrected chi connectivity index (χ1v) is 5.26. The highest BCUT2D eigenvalue weighted by atomic mass is 16.5. The molecule has 17 heavy (non-hydrogen) atoms. The average molecular weight is 230 g/mol. The molecule has 0 saturated carbocycles. The second-order valence-electron chi connectivity index (χ2n) is 3.62. The lowest BCUT2D eigenvalue weighted by Gasteiger charge is -2.09. The highest BCUT2D eigenvalue weighted by Crippen LogP contribution is 2.32. The van der Waals surface area contributed by atoms with Crippen LogP contribution in [0.5, 0.6) is 17.2 Å². The molecule has 0 fully saturated rings. The normalized spacial score (nSPS) is 10.0. The molecular weight excluding hydrogens is 216 g/mol. The van der Waals surface area contributed by atoms with Gasteiger partial charge in [0, 0.05) is 0 Å². The van der Waals surface area contributed by atoms with Gasteiger partial charge in [-0.25, -0.2) is 0 Å². The number of rotatable bonds is 3. The molecule has 1 N–H and O–H groups in total. The lowest BCUT2D eigenvalue weighted by Crippen LogP contribution is -1.90. The third-order valence-corrected chi connectivity index (χ3v) is 2.58. The van der Waals surface area contributed by atoms with Gasteiger partial charge in [0.2, 0.25) is 0 Å². The van der Waals surface area contributed by atoms with E-state index in [9.17, 15) is 5.11 Å². The molecule has 0 atom stereocenters. The molecule has 0 aliphatic carbocycles. The van der Waals surface area contributed by atoms with Gasteiger partial charge in [0.05, 0.1) is 14.2 Å². The summed E-state index contributed by atoms with van der Waals surface area (Å²) in [5.74, 6) is 1.65. The number of aromatic hydroxyl groups is 1. The lowest BCUT2D eigenvalue weighted by molar-refractivity contribution is 0.355. The van der Waals surface area contributed by atoms with E-state index in [2.05, 4.69) is 0 Å². The van der Waals surface area contributed by atoms with Gasteiger partial charge in [-0.1, -0.05) is 18.2 Å². The van der Waals surface area contributed by atoms with Gasteiger partial charge in [-0.15, -0.1) is 0 Å². The molecule has 0 spiro atoms. The predicted octanol–water partition coefficient (Wildman–Crippen LogP) is 3.08. The highest BCUT2D eigenvalue weighted by Gasteiger charge is 2.05. The van der Waals surface area contributed by atoms with Gasteiger partial charge in [0.1, 0.15) is 5.75 Å². The molecule has 2 aromatic rings. The van der Waals surface area contributed by atoms with Crippen LogP contribution in [0.15, 0.2) is 42.5 Å². The monoisotopic (exact) mass is 230 g/mol. The molecule has 0 aliphatic heterocycles. The molecule has 0 aliphatic rings. The Labute approximate surface area is 100 Å². The molecule has 3 nitrogen and oxygen atoms in total. The van der Waals surface area contributed by atoms with Gasteiger partial charge < -0.3 is 14.6 Å². The van der Waals surface area contributed by atoms with Crippen molar-refractivity contribution in [3.8, 4) is 28.4 Å². The number of benzene rings is 2. The van der Waals surface area contributed by atoms with E-state index in [1.165, 1.54) is 0 Å². The predicted molar refractivity (Wildman–Crippen MR) is 66.6 cm³/mol. The van der Waals surface area contributed by atoms with Gasteiger partial charge in [-0.3, -0.25) is 0 Å². The molecule has 0 bridgehead atoms. The topological polar surface area (TPSA) is 38.7 Å². The van der Waals surface area contributed by atoms with E-state index < -0.39 is 0 Å². The van der Waals surface area contributed by atoms with Crippen LogP contribution in [0.2, 0.25) is 0 Å². The Balaban J connectivity index is 2.42. The minimum absolute atomic E-state index is 0.259. The zero-order chi connectivity index (χ0) is 12.3. The number of phenols is 1. The molecule has 3 heteroatoms. The first-order valence-electron chi connectivity index (χ1n) is 5.26. The summed E-state index contributed by atoms with van der Waals surface area (Å²) in [5.41, 5.74) is 2.03. The van der Waals surface area contributed by atoms with Crippen molar-refractivity contribution >= 4 is 0 Å². The van der Waals surface area contributed by atoms with Crippen molar-refractivity contribution in [2.75, 3.05) is 14.2 Å². The lowest BCUT2D eigenvalue weighted by atomic mass is 10.1. The van der Waals surface area contributed by atoms with Gasteiger partial charge in [0.25, 0.3) is 0 Å². The summed E-state index contributed by atoms with van der Waals surface area (Å²) < 4.78 is 10.4. The average Bonchev–Trinajstić information content (AvgIpc) is 2.39. The summed E-state index contributed by atoms with van der Waals surface area (Å²) >= 11 is 0. The van der Waals surface area contributed by atoms with E-state index in [-0.39, 0.29) is 5.75 Å². The van der Waals surface area contributed by atoms with Crippen LogP contribution in [0.25, 0.3) is 11.1 Å². The summed E-state index contributed by atoms with van der Waals surface area (Å²) in [4.78, 5) is 0. The zero-order valence-corrected chi connectivity index (χ0v) is 9.81. The van der Waals surface area contributed by atoms with Crippen LogP contribution in [0, 0.1) is 0 Å². The molecule has 0 amide bonds. The fraction of sp³-hybridized carbons (Fsp3) is 0.143. The largest absolute Gasteiger partial charge is 0.508 e. The minimum Gasteiger partial charge on any atom is -0.508 e. The number of ether oxygens (including phenoxy) is 2. The van der Waals surface area contributed by atoms with Crippen molar-refractivity contribution in [2.45, 2.75) is 0 Å². The number of phenolic OH excluding ortho intramolecular Hbond substituents is 1. The molecule has 0 saturated heterocycles. The molecular formula is C14H14O3. The first-order chi connectivity index (χ1) is 8.24. The van der Waals surface area contributed by atoms with E-state index >= 15 is 0 Å². The van der Waals surface area contributed by atoms with Gasteiger partial charge >= 0.3 is 0 Å². The van der Waals surface area contributed by atoms with Crippen molar-refractivity contribution in [2.24, 2.45) is 0 Å². The number of hydrogen-bond acceptors (Lipinski definition) is 3. The van der Waals surface area contributed by atoms with E-state index in [1.807, 2.05) is 30.3 Å². The Hall–Kier alpha value is -2.16. The van der Waals surface area contributed by atoms with Crippen molar-refractivity contribution in [1.29, 1.82) is 0 Å². The summed E-state index contributed by atoms with van der Waals surface area (Å²) in [6.45, 7) is 0.